The van der Waals surface area contributed by atoms with E-state index in [1.807, 2.05) is 6.92 Å². The van der Waals surface area contributed by atoms with Crippen molar-refractivity contribution >= 4 is 10.2 Å². The first kappa shape index (κ1) is 15.2. The third-order valence-corrected chi connectivity index (χ3v) is 6.69. The van der Waals surface area contributed by atoms with Crippen LogP contribution in [-0.2, 0) is 10.2 Å². The summed E-state index contributed by atoms with van der Waals surface area (Å²) in [5.41, 5.74) is 0. The molecule has 0 aliphatic carbocycles. The minimum Gasteiger partial charge on any atom is -0.396 e. The molecule has 0 radical (unpaired) electrons. The second kappa shape index (κ2) is 6.08. The van der Waals surface area contributed by atoms with Gasteiger partial charge in [0.2, 0.25) is 0 Å². The molecular weight excluding hydrogens is 264 g/mol. The van der Waals surface area contributed by atoms with Crippen LogP contribution in [0.4, 0.5) is 0 Å². The minimum absolute atomic E-state index is 0.0821. The van der Waals surface area contributed by atoms with Gasteiger partial charge in [-0.1, -0.05) is 6.92 Å². The minimum atomic E-state index is -3.36. The fraction of sp³-hybridized carbons (Fsp3) is 1.00. The molecule has 19 heavy (non-hydrogen) atoms. The van der Waals surface area contributed by atoms with E-state index in [1.54, 1.807) is 8.61 Å². The predicted octanol–water partition coefficient (Wildman–Crippen LogP) is 1.20. The highest BCUT2D eigenvalue weighted by molar-refractivity contribution is 7.86. The Balaban J connectivity index is 2.16. The Kier molecular flexibility index (Phi) is 4.87. The van der Waals surface area contributed by atoms with Gasteiger partial charge in [0, 0.05) is 31.8 Å². The molecule has 2 aliphatic rings. The number of rotatable bonds is 4. The first-order valence-corrected chi connectivity index (χ1v) is 8.79. The summed E-state index contributed by atoms with van der Waals surface area (Å²) in [5, 5.41) is 9.25. The van der Waals surface area contributed by atoms with Gasteiger partial charge in [0.15, 0.2) is 0 Å². The van der Waals surface area contributed by atoms with Crippen molar-refractivity contribution < 1.29 is 13.5 Å². The highest BCUT2D eigenvalue weighted by Gasteiger charge is 2.42. The lowest BCUT2D eigenvalue weighted by Crippen LogP contribution is -2.51. The van der Waals surface area contributed by atoms with Crippen molar-refractivity contribution in [3.05, 3.63) is 0 Å². The lowest BCUT2D eigenvalue weighted by atomic mass is 10.0. The van der Waals surface area contributed by atoms with Crippen LogP contribution >= 0.6 is 0 Å². The highest BCUT2D eigenvalue weighted by Crippen LogP contribution is 2.32. The molecule has 1 N–H and O–H groups in total. The smallest absolute Gasteiger partial charge is 0.282 e. The molecule has 0 amide bonds. The molecule has 2 aliphatic heterocycles. The number of aliphatic hydroxyl groups excluding tert-OH is 1. The Morgan fingerprint density at radius 3 is 2.63 bits per heavy atom. The molecule has 0 aromatic rings. The second-order valence-electron chi connectivity index (χ2n) is 5.87. The van der Waals surface area contributed by atoms with E-state index in [0.717, 1.165) is 32.1 Å². The van der Waals surface area contributed by atoms with Crippen molar-refractivity contribution in [1.29, 1.82) is 0 Å². The quantitative estimate of drug-likeness (QED) is 0.846. The zero-order valence-electron chi connectivity index (χ0n) is 12.0. The maximum absolute atomic E-state index is 12.8. The number of hydrogen-bond acceptors (Lipinski definition) is 3. The molecular formula is C13H26N2O3S. The van der Waals surface area contributed by atoms with Crippen LogP contribution in [0.25, 0.3) is 0 Å². The molecule has 3 atom stereocenters. The Morgan fingerprint density at radius 1 is 1.26 bits per heavy atom. The molecule has 0 saturated carbocycles. The van der Waals surface area contributed by atoms with Crippen LogP contribution < -0.4 is 0 Å². The van der Waals surface area contributed by atoms with E-state index in [9.17, 15) is 13.5 Å². The largest absolute Gasteiger partial charge is 0.396 e. The van der Waals surface area contributed by atoms with Crippen molar-refractivity contribution in [2.24, 2.45) is 5.92 Å². The van der Waals surface area contributed by atoms with Crippen LogP contribution in [0, 0.1) is 5.92 Å². The monoisotopic (exact) mass is 290 g/mol. The molecule has 0 spiro atoms. The molecule has 112 valence electrons. The number of piperidine rings is 1. The van der Waals surface area contributed by atoms with Crippen molar-refractivity contribution in [3.8, 4) is 0 Å². The van der Waals surface area contributed by atoms with E-state index in [-0.39, 0.29) is 24.6 Å². The van der Waals surface area contributed by atoms with Gasteiger partial charge in [-0.3, -0.25) is 0 Å². The van der Waals surface area contributed by atoms with E-state index in [2.05, 4.69) is 6.92 Å². The maximum Gasteiger partial charge on any atom is 0.282 e. The zero-order chi connectivity index (χ0) is 14.0. The van der Waals surface area contributed by atoms with Crippen LogP contribution in [-0.4, -0.2) is 53.9 Å². The molecule has 3 unspecified atom stereocenters. The van der Waals surface area contributed by atoms with Gasteiger partial charge in [-0.05, 0) is 44.9 Å². The van der Waals surface area contributed by atoms with Crippen molar-refractivity contribution in [2.45, 2.75) is 58.0 Å². The van der Waals surface area contributed by atoms with Crippen LogP contribution in [0.15, 0.2) is 0 Å². The Hall–Kier alpha value is -0.170. The summed E-state index contributed by atoms with van der Waals surface area (Å²) in [4.78, 5) is 0. The van der Waals surface area contributed by atoms with Gasteiger partial charge in [0.25, 0.3) is 10.2 Å². The molecule has 5 nitrogen and oxygen atoms in total. The van der Waals surface area contributed by atoms with Crippen molar-refractivity contribution in [1.82, 2.24) is 8.61 Å². The van der Waals surface area contributed by atoms with Crippen LogP contribution in [0.5, 0.6) is 0 Å². The average molecular weight is 290 g/mol. The van der Waals surface area contributed by atoms with Crippen molar-refractivity contribution in [3.63, 3.8) is 0 Å². The van der Waals surface area contributed by atoms with E-state index < -0.39 is 10.2 Å². The van der Waals surface area contributed by atoms with Crippen LogP contribution in [0.3, 0.4) is 0 Å². The lowest BCUT2D eigenvalue weighted by molar-refractivity contribution is 0.158. The summed E-state index contributed by atoms with van der Waals surface area (Å²) < 4.78 is 28.9. The summed E-state index contributed by atoms with van der Waals surface area (Å²) in [6, 6.07) is 0.249. The van der Waals surface area contributed by atoms with E-state index in [0.29, 0.717) is 13.1 Å². The number of nitrogens with zero attached hydrogens (tertiary/aromatic N) is 2. The molecule has 2 heterocycles. The first-order valence-electron chi connectivity index (χ1n) is 7.40. The average Bonchev–Trinajstić information content (AvgIpc) is 2.80. The summed E-state index contributed by atoms with van der Waals surface area (Å²) in [5.74, 6) is 0.0986. The Bertz CT molecular complexity index is 399. The number of aliphatic hydroxyl groups is 1. The van der Waals surface area contributed by atoms with Gasteiger partial charge in [-0.15, -0.1) is 0 Å². The van der Waals surface area contributed by atoms with Crippen LogP contribution in [0.1, 0.15) is 46.0 Å². The highest BCUT2D eigenvalue weighted by atomic mass is 32.2. The van der Waals surface area contributed by atoms with Crippen molar-refractivity contribution in [2.75, 3.05) is 19.7 Å². The van der Waals surface area contributed by atoms with Gasteiger partial charge in [-0.25, -0.2) is 0 Å². The van der Waals surface area contributed by atoms with Gasteiger partial charge >= 0.3 is 0 Å². The molecule has 0 bridgehead atoms. The van der Waals surface area contributed by atoms with Crippen LogP contribution in [0.2, 0.25) is 0 Å². The predicted molar refractivity (Wildman–Crippen MR) is 74.9 cm³/mol. The third-order valence-electron chi connectivity index (χ3n) is 4.52. The molecule has 2 saturated heterocycles. The number of hydrogen-bond donors (Lipinski definition) is 1. The Morgan fingerprint density at radius 2 is 2.00 bits per heavy atom. The van der Waals surface area contributed by atoms with Gasteiger partial charge < -0.3 is 5.11 Å². The topological polar surface area (TPSA) is 60.9 Å². The second-order valence-corrected chi connectivity index (χ2v) is 7.71. The Labute approximate surface area is 116 Å². The molecule has 0 aromatic heterocycles. The van der Waals surface area contributed by atoms with E-state index in [1.165, 1.54) is 0 Å². The summed E-state index contributed by atoms with van der Waals surface area (Å²) in [7, 11) is -3.36. The fourth-order valence-electron chi connectivity index (χ4n) is 3.37. The summed E-state index contributed by atoms with van der Waals surface area (Å²) in [6.45, 7) is 5.20. The molecule has 2 rings (SSSR count). The molecule has 6 heteroatoms. The summed E-state index contributed by atoms with van der Waals surface area (Å²) >= 11 is 0. The SMILES string of the molecule is CCC1CCC(C)N1S(=O)(=O)N1CCCC(CO)C1. The molecule has 2 fully saturated rings. The zero-order valence-corrected chi connectivity index (χ0v) is 12.8. The standard InChI is InChI=1S/C13H26N2O3S/c1-3-13-7-6-11(2)15(13)19(17,18)14-8-4-5-12(9-14)10-16/h11-13,16H,3-10H2,1-2H3. The van der Waals surface area contributed by atoms with Gasteiger partial charge in [-0.2, -0.15) is 17.0 Å². The lowest BCUT2D eigenvalue weighted by Gasteiger charge is -2.37. The first-order chi connectivity index (χ1) is 9.00. The van der Waals surface area contributed by atoms with E-state index >= 15 is 0 Å². The van der Waals surface area contributed by atoms with Gasteiger partial charge in [0.1, 0.15) is 0 Å². The molecule has 0 aromatic carbocycles. The summed E-state index contributed by atoms with van der Waals surface area (Å²) in [6.07, 6.45) is 4.57. The fourth-order valence-corrected chi connectivity index (χ4v) is 5.58. The maximum atomic E-state index is 12.8. The third kappa shape index (κ3) is 2.96. The van der Waals surface area contributed by atoms with Gasteiger partial charge in [0.05, 0.1) is 0 Å². The normalized spacial score (nSPS) is 34.8. The van der Waals surface area contributed by atoms with E-state index in [4.69, 9.17) is 0 Å².